The summed E-state index contributed by atoms with van der Waals surface area (Å²) in [6.07, 6.45) is 17.9. The Morgan fingerprint density at radius 1 is 1.13 bits per heavy atom. The van der Waals surface area contributed by atoms with Crippen molar-refractivity contribution in [1.29, 1.82) is 0 Å². The van der Waals surface area contributed by atoms with Crippen LogP contribution in [0.5, 0.6) is 0 Å². The number of aliphatic hydroxyl groups is 2. The van der Waals surface area contributed by atoms with Gasteiger partial charge in [0.25, 0.3) is 0 Å². The highest BCUT2D eigenvalue weighted by Gasteiger charge is 2.50. The van der Waals surface area contributed by atoms with Crippen molar-refractivity contribution in [3.8, 4) is 0 Å². The average Bonchev–Trinajstić information content (AvgIpc) is 3.49. The number of aliphatic hydroxyl groups excluding tert-OH is 2. The van der Waals surface area contributed by atoms with Gasteiger partial charge in [-0.25, -0.2) is 0 Å². The van der Waals surface area contributed by atoms with Crippen LogP contribution in [0.3, 0.4) is 0 Å². The Hall–Kier alpha value is -0.830. The third kappa shape index (κ3) is 4.52. The van der Waals surface area contributed by atoms with Crippen LogP contribution in [-0.4, -0.2) is 27.8 Å². The Morgan fingerprint density at radius 3 is 2.63 bits per heavy atom. The van der Waals surface area contributed by atoms with E-state index in [1.807, 2.05) is 0 Å². The minimum Gasteiger partial charge on any atom is -0.393 e. The zero-order chi connectivity index (χ0) is 21.5. The minimum absolute atomic E-state index is 0.222. The molecule has 4 aliphatic rings. The third-order valence-electron chi connectivity index (χ3n) is 8.61. The van der Waals surface area contributed by atoms with Crippen LogP contribution in [0.2, 0.25) is 0 Å². The highest BCUT2D eigenvalue weighted by Crippen LogP contribution is 2.59. The van der Waals surface area contributed by atoms with E-state index in [0.29, 0.717) is 41.9 Å². The first-order valence-corrected chi connectivity index (χ1v) is 12.5. The van der Waals surface area contributed by atoms with Crippen LogP contribution in [0, 0.1) is 29.1 Å². The predicted molar refractivity (Wildman–Crippen MR) is 125 cm³/mol. The van der Waals surface area contributed by atoms with Crippen molar-refractivity contribution < 1.29 is 10.2 Å². The molecule has 4 rings (SSSR count). The number of fused-ring (bicyclic) bond motifs is 1. The number of rotatable bonds is 5. The summed E-state index contributed by atoms with van der Waals surface area (Å²) >= 11 is 6.53. The molecule has 0 aromatic rings. The lowest BCUT2D eigenvalue weighted by Gasteiger charge is -2.44. The fourth-order valence-electron chi connectivity index (χ4n) is 6.60. The van der Waals surface area contributed by atoms with Crippen molar-refractivity contribution >= 4 is 11.6 Å². The van der Waals surface area contributed by atoms with E-state index in [4.69, 9.17) is 11.6 Å². The van der Waals surface area contributed by atoms with Gasteiger partial charge in [-0.3, -0.25) is 0 Å². The van der Waals surface area contributed by atoms with E-state index in [9.17, 15) is 10.2 Å². The summed E-state index contributed by atoms with van der Waals surface area (Å²) in [5.41, 5.74) is 3.71. The Kier molecular flexibility index (Phi) is 6.68. The summed E-state index contributed by atoms with van der Waals surface area (Å²) in [7, 11) is 0. The monoisotopic (exact) mass is 430 g/mol. The van der Waals surface area contributed by atoms with Gasteiger partial charge in [-0.1, -0.05) is 50.3 Å². The summed E-state index contributed by atoms with van der Waals surface area (Å²) in [4.78, 5) is 0. The van der Waals surface area contributed by atoms with Gasteiger partial charge in [0.05, 0.1) is 17.6 Å². The van der Waals surface area contributed by atoms with Crippen LogP contribution >= 0.6 is 11.6 Å². The largest absolute Gasteiger partial charge is 0.393 e. The Bertz CT molecular complexity index is 746. The summed E-state index contributed by atoms with van der Waals surface area (Å²) < 4.78 is 0. The Balaban J connectivity index is 1.48. The van der Waals surface area contributed by atoms with E-state index in [0.717, 1.165) is 11.1 Å². The highest BCUT2D eigenvalue weighted by molar-refractivity contribution is 6.22. The van der Waals surface area contributed by atoms with E-state index in [2.05, 4.69) is 44.7 Å². The fraction of sp³-hybridized carbons (Fsp3) is 0.704. The molecule has 4 aliphatic carbocycles. The number of alkyl halides is 1. The second-order valence-corrected chi connectivity index (χ2v) is 11.2. The molecule has 166 valence electrons. The fourth-order valence-corrected chi connectivity index (χ4v) is 6.93. The molecule has 0 aromatic heterocycles. The maximum Gasteiger partial charge on any atom is 0.0811 e. The Labute approximate surface area is 187 Å². The van der Waals surface area contributed by atoms with Gasteiger partial charge in [-0.2, -0.15) is 0 Å². The topological polar surface area (TPSA) is 40.5 Å². The van der Waals surface area contributed by atoms with Crippen molar-refractivity contribution in [2.24, 2.45) is 29.1 Å². The molecule has 2 N–H and O–H groups in total. The van der Waals surface area contributed by atoms with E-state index in [-0.39, 0.29) is 5.38 Å². The Morgan fingerprint density at radius 2 is 1.90 bits per heavy atom. The molecule has 0 aromatic carbocycles. The lowest BCUT2D eigenvalue weighted by molar-refractivity contribution is 0.0862. The van der Waals surface area contributed by atoms with Crippen molar-refractivity contribution in [2.45, 2.75) is 89.2 Å². The zero-order valence-electron chi connectivity index (χ0n) is 18.7. The van der Waals surface area contributed by atoms with Gasteiger partial charge in [0.1, 0.15) is 0 Å². The second kappa shape index (κ2) is 8.96. The molecule has 2 nitrogen and oxygen atoms in total. The van der Waals surface area contributed by atoms with Crippen molar-refractivity contribution in [1.82, 2.24) is 0 Å². The molecule has 4 saturated carbocycles. The van der Waals surface area contributed by atoms with E-state index in [1.54, 1.807) is 5.57 Å². The molecule has 4 fully saturated rings. The smallest absolute Gasteiger partial charge is 0.0811 e. The first kappa shape index (κ1) is 22.4. The molecule has 0 saturated heterocycles. The van der Waals surface area contributed by atoms with E-state index in [1.165, 1.54) is 44.9 Å². The van der Waals surface area contributed by atoms with Crippen molar-refractivity contribution in [3.05, 3.63) is 47.6 Å². The molecular weight excluding hydrogens is 392 g/mol. The predicted octanol–water partition coefficient (Wildman–Crippen LogP) is 6.34. The second-order valence-electron chi connectivity index (χ2n) is 10.7. The minimum atomic E-state index is -0.611. The first-order chi connectivity index (χ1) is 14.3. The standard InChI is InChI=1S/C27H39ClO2/c1-17(6-13-25(28)20-8-9-20)23-11-12-24-19(5-4-14-27(23,24)3)7-10-21-15-22(29)16-26(30)18(21)2/h6-7,10,13,17,20,22-26,29-30H,2,4-5,8-9,11-12,14-16H2,1,3H3/t17?,22-,23-,24?,25?,26+,27-/m1/s1. The molecule has 0 aliphatic heterocycles. The van der Waals surface area contributed by atoms with Crippen LogP contribution in [0.15, 0.2) is 47.6 Å². The maximum absolute atomic E-state index is 10.1. The quantitative estimate of drug-likeness (QED) is 0.394. The molecule has 0 spiro atoms. The van der Waals surface area contributed by atoms with Gasteiger partial charge in [-0.15, -0.1) is 11.6 Å². The number of halogens is 1. The van der Waals surface area contributed by atoms with E-state index >= 15 is 0 Å². The molecule has 3 unspecified atom stereocenters. The van der Waals surface area contributed by atoms with Gasteiger partial charge >= 0.3 is 0 Å². The van der Waals surface area contributed by atoms with Crippen molar-refractivity contribution in [2.75, 3.05) is 0 Å². The summed E-state index contributed by atoms with van der Waals surface area (Å²) in [6, 6.07) is 0. The molecule has 3 heteroatoms. The molecule has 0 bridgehead atoms. The summed E-state index contributed by atoms with van der Waals surface area (Å²) in [5, 5.41) is 20.4. The summed E-state index contributed by atoms with van der Waals surface area (Å²) in [6.45, 7) is 8.97. The highest BCUT2D eigenvalue weighted by atomic mass is 35.5. The lowest BCUT2D eigenvalue weighted by atomic mass is 9.61. The van der Waals surface area contributed by atoms with Gasteiger partial charge in [0, 0.05) is 6.42 Å². The molecule has 0 amide bonds. The van der Waals surface area contributed by atoms with Crippen LogP contribution in [-0.2, 0) is 0 Å². The summed E-state index contributed by atoms with van der Waals surface area (Å²) in [5.74, 6) is 2.64. The molecule has 0 heterocycles. The SMILES string of the molecule is C=C1C(=CC=C2CCC[C@@]3(C)C2CC[C@@H]3C(C)C=CC(Cl)C2CC2)C[C@@H](O)C[C@@H]1O. The maximum atomic E-state index is 10.1. The normalized spacial score (nSPS) is 42.1. The third-order valence-corrected chi connectivity index (χ3v) is 9.11. The van der Waals surface area contributed by atoms with Gasteiger partial charge in [-0.05, 0) is 91.6 Å². The van der Waals surface area contributed by atoms with Gasteiger partial charge in [0.2, 0.25) is 0 Å². The van der Waals surface area contributed by atoms with Crippen LogP contribution in [0.4, 0.5) is 0 Å². The zero-order valence-corrected chi connectivity index (χ0v) is 19.5. The number of allylic oxidation sites excluding steroid dienone is 5. The van der Waals surface area contributed by atoms with E-state index < -0.39 is 12.2 Å². The number of hydrogen-bond acceptors (Lipinski definition) is 2. The van der Waals surface area contributed by atoms with Crippen molar-refractivity contribution in [3.63, 3.8) is 0 Å². The van der Waals surface area contributed by atoms with Gasteiger partial charge in [0.15, 0.2) is 0 Å². The van der Waals surface area contributed by atoms with Crippen LogP contribution in [0.25, 0.3) is 0 Å². The molecule has 30 heavy (non-hydrogen) atoms. The average molecular weight is 431 g/mol. The number of hydrogen-bond donors (Lipinski definition) is 2. The van der Waals surface area contributed by atoms with Crippen LogP contribution in [0.1, 0.15) is 71.6 Å². The molecule has 0 radical (unpaired) electrons. The lowest BCUT2D eigenvalue weighted by Crippen LogP contribution is -2.35. The molecular formula is C27H39ClO2. The van der Waals surface area contributed by atoms with Gasteiger partial charge < -0.3 is 10.2 Å². The molecule has 7 atom stereocenters. The first-order valence-electron chi connectivity index (χ1n) is 12.1. The van der Waals surface area contributed by atoms with Crippen LogP contribution < -0.4 is 0 Å².